The van der Waals surface area contributed by atoms with Crippen molar-refractivity contribution < 1.29 is 0 Å². The molecule has 0 N–H and O–H groups in total. The molecule has 2 aliphatic heterocycles. The summed E-state index contributed by atoms with van der Waals surface area (Å²) in [4.78, 5) is 19.0. The summed E-state index contributed by atoms with van der Waals surface area (Å²) in [6.45, 7) is 15.8. The van der Waals surface area contributed by atoms with Crippen LogP contribution in [0.5, 0.6) is 0 Å². The van der Waals surface area contributed by atoms with Gasteiger partial charge in [-0.25, -0.2) is 9.97 Å². The Morgan fingerprint density at radius 3 is 1.67 bits per heavy atom. The maximum atomic E-state index is 4.56. The molecule has 134 valence electrons. The molecule has 3 rings (SSSR count). The Bertz CT molecular complexity index is 467. The second kappa shape index (κ2) is 8.62. The highest BCUT2D eigenvalue weighted by Gasteiger charge is 2.18. The summed E-state index contributed by atoms with van der Waals surface area (Å²) in [5, 5.41) is 0. The van der Waals surface area contributed by atoms with Crippen LogP contribution in [-0.2, 0) is 0 Å². The number of anilines is 2. The van der Waals surface area contributed by atoms with Gasteiger partial charge in [-0.2, -0.15) is 0 Å². The Morgan fingerprint density at radius 1 is 0.708 bits per heavy atom. The minimum Gasteiger partial charge on any atom is -0.355 e. The van der Waals surface area contributed by atoms with Crippen molar-refractivity contribution in [2.24, 2.45) is 0 Å². The maximum Gasteiger partial charge on any atom is 0.134 e. The van der Waals surface area contributed by atoms with E-state index < -0.39 is 0 Å². The molecule has 0 aliphatic carbocycles. The molecule has 0 amide bonds. The molecule has 3 heterocycles. The average Bonchev–Trinajstić information content (AvgIpc) is 3.02. The van der Waals surface area contributed by atoms with Gasteiger partial charge in [-0.3, -0.25) is 0 Å². The highest BCUT2D eigenvalue weighted by Crippen LogP contribution is 2.20. The molecule has 24 heavy (non-hydrogen) atoms. The zero-order valence-electron chi connectivity index (χ0n) is 15.3. The summed E-state index contributed by atoms with van der Waals surface area (Å²) in [6.07, 6.45) is 4.17. The first-order chi connectivity index (χ1) is 11.8. The summed E-state index contributed by atoms with van der Waals surface area (Å²) in [5.41, 5.74) is 0. The van der Waals surface area contributed by atoms with E-state index in [4.69, 9.17) is 0 Å². The molecule has 2 saturated heterocycles. The van der Waals surface area contributed by atoms with E-state index in [1.807, 2.05) is 0 Å². The van der Waals surface area contributed by atoms with Crippen molar-refractivity contribution in [2.75, 3.05) is 75.2 Å². The van der Waals surface area contributed by atoms with E-state index in [1.165, 1.54) is 25.9 Å². The van der Waals surface area contributed by atoms with Crippen LogP contribution in [0.2, 0.25) is 0 Å². The molecule has 0 atom stereocenters. The first-order valence-electron chi connectivity index (χ1n) is 9.56. The van der Waals surface area contributed by atoms with Gasteiger partial charge in [-0.05, 0) is 39.0 Å². The lowest BCUT2D eigenvalue weighted by molar-refractivity contribution is 0.310. The summed E-state index contributed by atoms with van der Waals surface area (Å²) >= 11 is 0. The molecule has 6 nitrogen and oxygen atoms in total. The molecule has 0 unspecified atom stereocenters. The monoisotopic (exact) mass is 332 g/mol. The van der Waals surface area contributed by atoms with E-state index in [0.29, 0.717) is 0 Å². The third kappa shape index (κ3) is 4.36. The van der Waals surface area contributed by atoms with E-state index in [0.717, 1.165) is 64.0 Å². The largest absolute Gasteiger partial charge is 0.355 e. The molecule has 1 aromatic rings. The lowest BCUT2D eigenvalue weighted by atomic mass is 10.3. The smallest absolute Gasteiger partial charge is 0.134 e. The van der Waals surface area contributed by atoms with Crippen molar-refractivity contribution in [3.8, 4) is 0 Å². The molecule has 2 fully saturated rings. The topological polar surface area (TPSA) is 38.7 Å². The van der Waals surface area contributed by atoms with Gasteiger partial charge in [0, 0.05) is 45.3 Å². The zero-order chi connectivity index (χ0) is 16.8. The number of hydrogen-bond donors (Lipinski definition) is 0. The second-order valence-electron chi connectivity index (χ2n) is 6.78. The van der Waals surface area contributed by atoms with Crippen molar-refractivity contribution >= 4 is 11.6 Å². The number of likely N-dealkylation sites (N-methyl/N-ethyl adjacent to an activating group) is 2. The van der Waals surface area contributed by atoms with Gasteiger partial charge in [0.1, 0.15) is 18.0 Å². The Morgan fingerprint density at radius 2 is 1.21 bits per heavy atom. The van der Waals surface area contributed by atoms with Crippen LogP contribution >= 0.6 is 0 Å². The molecule has 1 aromatic heterocycles. The molecule has 0 radical (unpaired) electrons. The lowest BCUT2D eigenvalue weighted by Crippen LogP contribution is -2.32. The highest BCUT2D eigenvalue weighted by molar-refractivity contribution is 5.50. The van der Waals surface area contributed by atoms with Gasteiger partial charge in [0.25, 0.3) is 0 Å². The molecule has 6 heteroatoms. The van der Waals surface area contributed by atoms with Crippen molar-refractivity contribution in [1.82, 2.24) is 19.8 Å². The predicted molar refractivity (Wildman–Crippen MR) is 99.9 cm³/mol. The lowest BCUT2D eigenvalue weighted by Gasteiger charge is -2.25. The molecule has 0 aromatic carbocycles. The van der Waals surface area contributed by atoms with Crippen LogP contribution in [0.3, 0.4) is 0 Å². The molecule has 0 bridgehead atoms. The van der Waals surface area contributed by atoms with Gasteiger partial charge in [0.2, 0.25) is 0 Å². The fraction of sp³-hybridized carbons (Fsp3) is 0.778. The van der Waals surface area contributed by atoms with Gasteiger partial charge in [0.15, 0.2) is 0 Å². The van der Waals surface area contributed by atoms with E-state index in [2.05, 4.69) is 49.5 Å². The average molecular weight is 332 g/mol. The van der Waals surface area contributed by atoms with E-state index in [1.54, 1.807) is 6.33 Å². The van der Waals surface area contributed by atoms with Gasteiger partial charge in [-0.15, -0.1) is 0 Å². The Labute approximate surface area is 146 Å². The van der Waals surface area contributed by atoms with Gasteiger partial charge < -0.3 is 19.6 Å². The minimum absolute atomic E-state index is 1.06. The van der Waals surface area contributed by atoms with Crippen molar-refractivity contribution in [3.63, 3.8) is 0 Å². The van der Waals surface area contributed by atoms with Crippen molar-refractivity contribution in [2.45, 2.75) is 26.7 Å². The summed E-state index contributed by atoms with van der Waals surface area (Å²) in [5.74, 6) is 2.18. The zero-order valence-corrected chi connectivity index (χ0v) is 15.3. The standard InChI is InChI=1S/C18H32N6/c1-3-21-7-5-9-23(13-11-21)17-15-18(20-16-19-17)24-10-6-8-22(4-2)12-14-24/h15-16H,3-14H2,1-2H3. The first kappa shape index (κ1) is 17.4. The number of nitrogens with zero attached hydrogens (tertiary/aromatic N) is 6. The van der Waals surface area contributed by atoms with Gasteiger partial charge in [-0.1, -0.05) is 13.8 Å². The maximum absolute atomic E-state index is 4.56. The number of aromatic nitrogens is 2. The normalized spacial score (nSPS) is 21.6. The third-order valence-electron chi connectivity index (χ3n) is 5.36. The van der Waals surface area contributed by atoms with Crippen LogP contribution in [0.25, 0.3) is 0 Å². The van der Waals surface area contributed by atoms with Crippen LogP contribution in [0, 0.1) is 0 Å². The van der Waals surface area contributed by atoms with Gasteiger partial charge >= 0.3 is 0 Å². The van der Waals surface area contributed by atoms with Crippen molar-refractivity contribution in [3.05, 3.63) is 12.4 Å². The Hall–Kier alpha value is -1.40. The minimum atomic E-state index is 1.06. The molecule has 2 aliphatic rings. The molecular formula is C18H32N6. The van der Waals surface area contributed by atoms with Crippen LogP contribution in [0.15, 0.2) is 12.4 Å². The van der Waals surface area contributed by atoms with Crippen LogP contribution in [-0.4, -0.2) is 85.2 Å². The Balaban J connectivity index is 1.67. The summed E-state index contributed by atoms with van der Waals surface area (Å²) < 4.78 is 0. The van der Waals surface area contributed by atoms with E-state index >= 15 is 0 Å². The number of hydrogen-bond acceptors (Lipinski definition) is 6. The molecule has 0 saturated carbocycles. The fourth-order valence-electron chi connectivity index (χ4n) is 3.72. The number of rotatable bonds is 4. The molecule has 0 spiro atoms. The van der Waals surface area contributed by atoms with Crippen LogP contribution in [0.4, 0.5) is 11.6 Å². The summed E-state index contributed by atoms with van der Waals surface area (Å²) in [6, 6.07) is 2.20. The van der Waals surface area contributed by atoms with Crippen molar-refractivity contribution in [1.29, 1.82) is 0 Å². The molecular weight excluding hydrogens is 300 g/mol. The summed E-state index contributed by atoms with van der Waals surface area (Å²) in [7, 11) is 0. The SMILES string of the molecule is CCN1CCCN(c2cc(N3CCCN(CC)CC3)ncn2)CC1. The van der Waals surface area contributed by atoms with Gasteiger partial charge in [0.05, 0.1) is 0 Å². The quantitative estimate of drug-likeness (QED) is 0.833. The Kier molecular flexibility index (Phi) is 6.26. The van der Waals surface area contributed by atoms with Crippen LogP contribution in [0.1, 0.15) is 26.7 Å². The predicted octanol–water partition coefficient (Wildman–Crippen LogP) is 1.54. The second-order valence-corrected chi connectivity index (χ2v) is 6.78. The third-order valence-corrected chi connectivity index (χ3v) is 5.36. The van der Waals surface area contributed by atoms with E-state index in [-0.39, 0.29) is 0 Å². The highest BCUT2D eigenvalue weighted by atomic mass is 15.3. The fourth-order valence-corrected chi connectivity index (χ4v) is 3.72. The van der Waals surface area contributed by atoms with Crippen LogP contribution < -0.4 is 9.80 Å². The van der Waals surface area contributed by atoms with E-state index in [9.17, 15) is 0 Å². The first-order valence-corrected chi connectivity index (χ1v) is 9.56.